The molecule has 23 heavy (non-hydrogen) atoms. The Labute approximate surface area is 135 Å². The van der Waals surface area contributed by atoms with Crippen LogP contribution in [0.2, 0.25) is 0 Å². The molecule has 2 nitrogen and oxygen atoms in total. The molecule has 0 fully saturated rings. The van der Waals surface area contributed by atoms with E-state index < -0.39 is 0 Å². The van der Waals surface area contributed by atoms with Gasteiger partial charge in [0.05, 0.1) is 5.69 Å². The molecule has 1 heterocycles. The van der Waals surface area contributed by atoms with Gasteiger partial charge in [0.1, 0.15) is 5.76 Å². The Morgan fingerprint density at radius 3 is 1.96 bits per heavy atom. The molecule has 0 atom stereocenters. The van der Waals surface area contributed by atoms with Gasteiger partial charge < -0.3 is 4.74 Å². The Hall–Kier alpha value is -3.13. The summed E-state index contributed by atoms with van der Waals surface area (Å²) in [6.07, 6.45) is 2.05. The fourth-order valence-electron chi connectivity index (χ4n) is 2.57. The van der Waals surface area contributed by atoms with Crippen LogP contribution in [0.3, 0.4) is 0 Å². The highest BCUT2D eigenvalue weighted by Crippen LogP contribution is 2.31. The van der Waals surface area contributed by atoms with E-state index in [1.165, 1.54) is 0 Å². The predicted molar refractivity (Wildman–Crippen MR) is 94.5 cm³/mol. The number of hydrogen-bond donors (Lipinski definition) is 0. The van der Waals surface area contributed by atoms with E-state index in [-0.39, 0.29) is 0 Å². The van der Waals surface area contributed by atoms with Crippen LogP contribution in [-0.2, 0) is 4.74 Å². The Morgan fingerprint density at radius 2 is 1.22 bits per heavy atom. The molecule has 0 bridgehead atoms. The summed E-state index contributed by atoms with van der Waals surface area (Å²) in [6.45, 7) is 0. The van der Waals surface area contributed by atoms with E-state index in [4.69, 9.17) is 9.73 Å². The highest BCUT2D eigenvalue weighted by Gasteiger charge is 2.15. The first kappa shape index (κ1) is 13.5. The van der Waals surface area contributed by atoms with E-state index in [2.05, 4.69) is 6.07 Å². The lowest BCUT2D eigenvalue weighted by Crippen LogP contribution is -2.05. The molecule has 0 N–H and O–H groups in total. The van der Waals surface area contributed by atoms with Gasteiger partial charge in [0.25, 0.3) is 0 Å². The van der Waals surface area contributed by atoms with Gasteiger partial charge in [0, 0.05) is 16.7 Å². The third-order valence-electron chi connectivity index (χ3n) is 3.73. The van der Waals surface area contributed by atoms with Gasteiger partial charge in [0.2, 0.25) is 5.90 Å². The topological polar surface area (TPSA) is 21.6 Å². The zero-order valence-electron chi connectivity index (χ0n) is 12.5. The number of ether oxygens (including phenoxy) is 1. The van der Waals surface area contributed by atoms with Crippen molar-refractivity contribution in [2.75, 3.05) is 0 Å². The summed E-state index contributed by atoms with van der Waals surface area (Å²) in [5.74, 6) is 1.42. The molecule has 1 aliphatic rings. The van der Waals surface area contributed by atoms with Crippen molar-refractivity contribution in [3.05, 3.63) is 102 Å². The minimum absolute atomic E-state index is 0.616. The van der Waals surface area contributed by atoms with Crippen molar-refractivity contribution in [3.8, 4) is 0 Å². The summed E-state index contributed by atoms with van der Waals surface area (Å²) in [7, 11) is 0. The molecule has 2 heteroatoms. The van der Waals surface area contributed by atoms with Crippen LogP contribution in [0, 0.1) is 0 Å². The molecule has 0 unspecified atom stereocenters. The number of nitrogens with zero attached hydrogens (tertiary/aromatic N) is 1. The minimum Gasteiger partial charge on any atom is -0.438 e. The molecule has 110 valence electrons. The fraction of sp³-hybridized carbons (Fsp3) is 0. The average molecular weight is 297 g/mol. The van der Waals surface area contributed by atoms with Gasteiger partial charge in [0.15, 0.2) is 0 Å². The Balaban J connectivity index is 1.87. The zero-order chi connectivity index (χ0) is 15.5. The first-order valence-corrected chi connectivity index (χ1v) is 7.58. The van der Waals surface area contributed by atoms with Crippen LogP contribution in [0.4, 0.5) is 5.69 Å². The normalized spacial score (nSPS) is 13.2. The van der Waals surface area contributed by atoms with Crippen LogP contribution < -0.4 is 0 Å². The zero-order valence-corrected chi connectivity index (χ0v) is 12.5. The van der Waals surface area contributed by atoms with Crippen molar-refractivity contribution in [2.45, 2.75) is 0 Å². The molecular formula is C21H15NO. The third kappa shape index (κ3) is 2.79. The van der Waals surface area contributed by atoms with Crippen molar-refractivity contribution >= 4 is 23.4 Å². The van der Waals surface area contributed by atoms with Crippen molar-refractivity contribution in [3.63, 3.8) is 0 Å². The first-order valence-electron chi connectivity index (χ1n) is 7.58. The third-order valence-corrected chi connectivity index (χ3v) is 3.73. The van der Waals surface area contributed by atoms with E-state index in [0.717, 1.165) is 28.1 Å². The maximum absolute atomic E-state index is 6.18. The molecular weight excluding hydrogens is 282 g/mol. The molecule has 3 aromatic carbocycles. The summed E-state index contributed by atoms with van der Waals surface area (Å²) in [6, 6.07) is 28.2. The standard InChI is InChI=1S/C21H15NO/c1-3-9-16(10-4-1)20-15-18-13-7-8-14-19(18)22-21(23-20)17-11-5-2-6-12-17/h1-15H. The van der Waals surface area contributed by atoms with Gasteiger partial charge in [-0.1, -0.05) is 66.7 Å². The van der Waals surface area contributed by atoms with Gasteiger partial charge in [-0.05, 0) is 24.3 Å². The highest BCUT2D eigenvalue weighted by molar-refractivity contribution is 6.02. The number of benzene rings is 3. The fourth-order valence-corrected chi connectivity index (χ4v) is 2.57. The lowest BCUT2D eigenvalue weighted by Gasteiger charge is -2.10. The molecule has 1 aliphatic heterocycles. The summed E-state index contributed by atoms with van der Waals surface area (Å²) >= 11 is 0. The average Bonchev–Trinajstić information content (AvgIpc) is 2.83. The van der Waals surface area contributed by atoms with Crippen molar-refractivity contribution < 1.29 is 4.74 Å². The molecule has 0 radical (unpaired) electrons. The Kier molecular flexibility index (Phi) is 3.49. The first-order chi connectivity index (χ1) is 11.4. The van der Waals surface area contributed by atoms with Crippen LogP contribution in [0.5, 0.6) is 0 Å². The second-order valence-corrected chi connectivity index (χ2v) is 5.32. The van der Waals surface area contributed by atoms with E-state index in [1.54, 1.807) is 0 Å². The second-order valence-electron chi connectivity index (χ2n) is 5.32. The van der Waals surface area contributed by atoms with Crippen LogP contribution in [-0.4, -0.2) is 5.90 Å². The molecule has 3 aromatic rings. The van der Waals surface area contributed by atoms with Gasteiger partial charge in [-0.3, -0.25) is 0 Å². The van der Waals surface area contributed by atoms with E-state index in [9.17, 15) is 0 Å². The largest absolute Gasteiger partial charge is 0.438 e. The highest BCUT2D eigenvalue weighted by atomic mass is 16.5. The summed E-state index contributed by atoms with van der Waals surface area (Å²) in [5, 5.41) is 0. The smallest absolute Gasteiger partial charge is 0.227 e. The molecule has 0 saturated carbocycles. The quantitative estimate of drug-likeness (QED) is 0.629. The number of fused-ring (bicyclic) bond motifs is 1. The molecule has 0 spiro atoms. The van der Waals surface area contributed by atoms with Crippen molar-refractivity contribution in [1.82, 2.24) is 0 Å². The number of hydrogen-bond acceptors (Lipinski definition) is 2. The summed E-state index contributed by atoms with van der Waals surface area (Å²) < 4.78 is 6.18. The number of aliphatic imine (C=N–C) groups is 1. The lowest BCUT2D eigenvalue weighted by molar-refractivity contribution is 0.514. The molecule has 4 rings (SSSR count). The van der Waals surface area contributed by atoms with Crippen molar-refractivity contribution in [1.29, 1.82) is 0 Å². The molecule has 0 saturated heterocycles. The van der Waals surface area contributed by atoms with E-state index in [0.29, 0.717) is 5.90 Å². The monoisotopic (exact) mass is 297 g/mol. The Morgan fingerprint density at radius 1 is 0.609 bits per heavy atom. The minimum atomic E-state index is 0.616. The SMILES string of the molecule is C1=C(c2ccccc2)OC(c2ccccc2)=Nc2ccccc21. The van der Waals surface area contributed by atoms with E-state index >= 15 is 0 Å². The molecule has 0 aliphatic carbocycles. The van der Waals surface area contributed by atoms with Gasteiger partial charge in [-0.25, -0.2) is 4.99 Å². The van der Waals surface area contributed by atoms with Gasteiger partial charge in [-0.15, -0.1) is 0 Å². The number of para-hydroxylation sites is 1. The van der Waals surface area contributed by atoms with Crippen molar-refractivity contribution in [2.24, 2.45) is 4.99 Å². The van der Waals surface area contributed by atoms with Gasteiger partial charge in [-0.2, -0.15) is 0 Å². The summed E-state index contributed by atoms with van der Waals surface area (Å²) in [5.41, 5.74) is 3.97. The maximum Gasteiger partial charge on any atom is 0.227 e. The maximum atomic E-state index is 6.18. The summed E-state index contributed by atoms with van der Waals surface area (Å²) in [4.78, 5) is 4.73. The predicted octanol–water partition coefficient (Wildman–Crippen LogP) is 5.29. The van der Waals surface area contributed by atoms with Crippen LogP contribution >= 0.6 is 0 Å². The van der Waals surface area contributed by atoms with Crippen LogP contribution in [0.1, 0.15) is 16.7 Å². The van der Waals surface area contributed by atoms with Crippen LogP contribution in [0.15, 0.2) is 89.9 Å². The van der Waals surface area contributed by atoms with Gasteiger partial charge >= 0.3 is 0 Å². The van der Waals surface area contributed by atoms with Crippen LogP contribution in [0.25, 0.3) is 11.8 Å². The molecule has 0 aromatic heterocycles. The lowest BCUT2D eigenvalue weighted by atomic mass is 10.1. The van der Waals surface area contributed by atoms with E-state index in [1.807, 2.05) is 84.9 Å². The molecule has 0 amide bonds. The number of rotatable bonds is 2. The Bertz CT molecular complexity index is 805. The second kappa shape index (κ2) is 5.93.